The van der Waals surface area contributed by atoms with Gasteiger partial charge in [0.25, 0.3) is 0 Å². The smallest absolute Gasteiger partial charge is 0.142 e. The summed E-state index contributed by atoms with van der Waals surface area (Å²) in [7, 11) is 3.38. The van der Waals surface area contributed by atoms with E-state index in [0.717, 1.165) is 39.9 Å². The Hall–Kier alpha value is -1.57. The van der Waals surface area contributed by atoms with Gasteiger partial charge in [0.1, 0.15) is 11.6 Å². The highest BCUT2D eigenvalue weighted by atomic mass is 35.5. The molecule has 0 radical (unpaired) electrons. The van der Waals surface area contributed by atoms with Crippen molar-refractivity contribution in [2.24, 2.45) is 0 Å². The van der Waals surface area contributed by atoms with Crippen LogP contribution in [-0.4, -0.2) is 55.5 Å². The van der Waals surface area contributed by atoms with Gasteiger partial charge in [-0.15, -0.1) is 12.4 Å². The lowest BCUT2D eigenvalue weighted by Crippen LogP contribution is -2.32. The quantitative estimate of drug-likeness (QED) is 0.512. The molecule has 3 rings (SSSR count). The highest BCUT2D eigenvalue weighted by Gasteiger charge is 2.26. The van der Waals surface area contributed by atoms with Crippen LogP contribution in [0.15, 0.2) is 18.2 Å². The molecule has 0 aliphatic carbocycles. The van der Waals surface area contributed by atoms with Gasteiger partial charge in [0.15, 0.2) is 0 Å². The van der Waals surface area contributed by atoms with Crippen LogP contribution in [0.1, 0.15) is 11.5 Å². The van der Waals surface area contributed by atoms with E-state index in [1.807, 2.05) is 26.0 Å². The molecule has 29 heavy (non-hydrogen) atoms. The maximum Gasteiger partial charge on any atom is 0.142 e. The number of nitrogens with one attached hydrogen (secondary N) is 1. The molecule has 0 saturated heterocycles. The van der Waals surface area contributed by atoms with Crippen LogP contribution in [0, 0.1) is 13.8 Å². The van der Waals surface area contributed by atoms with Crippen molar-refractivity contribution in [2.75, 3.05) is 45.4 Å². The third-order valence-electron chi connectivity index (χ3n) is 4.55. The summed E-state index contributed by atoms with van der Waals surface area (Å²) in [6.45, 7) is 6.50. The molecule has 2 aliphatic rings. The molecule has 0 amide bonds. The molecular formula is C20H25Cl3N4O2. The molecule has 2 heterocycles. The minimum atomic E-state index is 0. The molecule has 0 unspecified atom stereocenters. The Balaban J connectivity index is 0.00000300. The van der Waals surface area contributed by atoms with E-state index < -0.39 is 0 Å². The first-order valence-corrected chi connectivity index (χ1v) is 9.77. The summed E-state index contributed by atoms with van der Waals surface area (Å²) in [6.07, 6.45) is 0. The highest BCUT2D eigenvalue weighted by molar-refractivity contribution is 6.36. The topological polar surface area (TPSA) is 63.3 Å². The molecule has 2 aliphatic heterocycles. The summed E-state index contributed by atoms with van der Waals surface area (Å²) in [5.41, 5.74) is 4.38. The Morgan fingerprint density at radius 3 is 2.28 bits per heavy atom. The third kappa shape index (κ3) is 5.13. The molecule has 6 nitrogen and oxygen atoms in total. The van der Waals surface area contributed by atoms with Crippen molar-refractivity contribution < 1.29 is 9.47 Å². The fourth-order valence-corrected chi connectivity index (χ4v) is 3.73. The van der Waals surface area contributed by atoms with Crippen LogP contribution < -0.4 is 4.90 Å². The van der Waals surface area contributed by atoms with Crippen LogP contribution in [0.5, 0.6) is 0 Å². The molecule has 1 aromatic rings. The number of aryl methyl sites for hydroxylation is 2. The van der Waals surface area contributed by atoms with Gasteiger partial charge < -0.3 is 19.4 Å². The number of halogens is 3. The molecule has 0 saturated carbocycles. The van der Waals surface area contributed by atoms with Crippen LogP contribution in [0.3, 0.4) is 0 Å². The maximum absolute atomic E-state index is 6.46. The summed E-state index contributed by atoms with van der Waals surface area (Å²) in [5.74, 6) is 1.66. The highest BCUT2D eigenvalue weighted by Crippen LogP contribution is 2.42. The first-order chi connectivity index (χ1) is 13.5. The molecule has 0 bridgehead atoms. The molecule has 0 aromatic heterocycles. The third-order valence-corrected chi connectivity index (χ3v) is 5.10. The van der Waals surface area contributed by atoms with Gasteiger partial charge in [-0.3, -0.25) is 4.98 Å². The minimum Gasteiger partial charge on any atom is -0.383 e. The zero-order valence-electron chi connectivity index (χ0n) is 16.9. The minimum absolute atomic E-state index is 0. The number of hydrogen-bond acceptors (Lipinski definition) is 5. The average Bonchev–Trinajstić information content (AvgIpc) is 2.97. The van der Waals surface area contributed by atoms with Crippen LogP contribution in [0.2, 0.25) is 10.0 Å². The van der Waals surface area contributed by atoms with Gasteiger partial charge in [-0.25, -0.2) is 4.98 Å². The predicted molar refractivity (Wildman–Crippen MR) is 121 cm³/mol. The van der Waals surface area contributed by atoms with E-state index in [2.05, 4.69) is 9.88 Å². The summed E-state index contributed by atoms with van der Waals surface area (Å²) in [6, 6.07) is 5.44. The van der Waals surface area contributed by atoms with Gasteiger partial charge in [-0.2, -0.15) is 0 Å². The Labute approximate surface area is 187 Å². The first kappa shape index (κ1) is 23.7. The Morgan fingerprint density at radius 2 is 1.69 bits per heavy atom. The van der Waals surface area contributed by atoms with Crippen LogP contribution >= 0.6 is 35.6 Å². The van der Waals surface area contributed by atoms with E-state index in [0.29, 0.717) is 36.3 Å². The second-order valence-corrected chi connectivity index (χ2v) is 7.38. The Kier molecular flexibility index (Phi) is 8.55. The monoisotopic (exact) mass is 458 g/mol. The van der Waals surface area contributed by atoms with Gasteiger partial charge in [-0.1, -0.05) is 23.2 Å². The largest absolute Gasteiger partial charge is 0.383 e. The van der Waals surface area contributed by atoms with Crippen molar-refractivity contribution in [3.05, 3.63) is 39.8 Å². The van der Waals surface area contributed by atoms with Crippen LogP contribution in [-0.2, 0) is 9.47 Å². The predicted octanol–water partition coefficient (Wildman–Crippen LogP) is 5.02. The van der Waals surface area contributed by atoms with Crippen LogP contribution in [0.4, 0.5) is 5.82 Å². The summed E-state index contributed by atoms with van der Waals surface area (Å²) >= 11 is 12.5. The zero-order valence-corrected chi connectivity index (χ0v) is 19.2. The number of H-pyrrole nitrogens is 1. The molecule has 0 fully saturated rings. The normalized spacial score (nSPS) is 11.0. The molecule has 1 N–H and O–H groups in total. The first-order valence-electron chi connectivity index (χ1n) is 9.01. The molecule has 1 aromatic carbocycles. The van der Waals surface area contributed by atoms with Gasteiger partial charge in [-0.05, 0) is 32.0 Å². The number of hydrogen-bond donors (Lipinski definition) is 1. The molecular weight excluding hydrogens is 435 g/mol. The average molecular weight is 460 g/mol. The molecule has 9 heteroatoms. The van der Waals surface area contributed by atoms with Gasteiger partial charge in [0.2, 0.25) is 0 Å². The van der Waals surface area contributed by atoms with Crippen molar-refractivity contribution >= 4 is 41.4 Å². The van der Waals surface area contributed by atoms with Crippen molar-refractivity contribution in [3.8, 4) is 22.5 Å². The van der Waals surface area contributed by atoms with E-state index in [1.165, 1.54) is 0 Å². The van der Waals surface area contributed by atoms with E-state index in [9.17, 15) is 0 Å². The summed E-state index contributed by atoms with van der Waals surface area (Å²) in [4.78, 5) is 15.1. The van der Waals surface area contributed by atoms with Gasteiger partial charge >= 0.3 is 0 Å². The SMILES string of the molecule is COCCN(CCOC)c1nc(C)[nH]c2c(-c3ccc(Cl)cc3Cl)nc(C)c1-2.Cl. The van der Waals surface area contributed by atoms with Gasteiger partial charge in [0, 0.05) is 37.9 Å². The van der Waals surface area contributed by atoms with Crippen molar-refractivity contribution in [1.82, 2.24) is 15.0 Å². The Bertz CT molecular complexity index is 924. The number of rotatable bonds is 8. The standard InChI is InChI=1S/C20H24Cl2N4O2.ClH/c1-12-17-19(18(23-12)15-6-5-14(21)11-16(15)22)24-13(2)25-20(17)26(7-9-27-3)8-10-28-4;/h5-6,11H,7-10H2,1-4H3,(H,24,25);1H. The molecule has 0 atom stereocenters. The van der Waals surface area contributed by atoms with E-state index >= 15 is 0 Å². The van der Waals surface area contributed by atoms with Crippen molar-refractivity contribution in [1.29, 1.82) is 0 Å². The lowest BCUT2D eigenvalue weighted by molar-refractivity contribution is 0.190. The Morgan fingerprint density at radius 1 is 1.03 bits per heavy atom. The number of nitrogens with zero attached hydrogens (tertiary/aromatic N) is 3. The number of methoxy groups -OCH3 is 2. The fraction of sp³-hybridized carbons (Fsp3) is 0.400. The number of aromatic nitrogens is 3. The van der Waals surface area contributed by atoms with E-state index in [1.54, 1.807) is 20.3 Å². The van der Waals surface area contributed by atoms with Gasteiger partial charge in [0.05, 0.1) is 40.9 Å². The second kappa shape index (κ2) is 10.5. The summed E-state index contributed by atoms with van der Waals surface area (Å²) < 4.78 is 10.6. The number of anilines is 1. The van der Waals surface area contributed by atoms with Crippen LogP contribution in [0.25, 0.3) is 22.5 Å². The molecule has 0 spiro atoms. The van der Waals surface area contributed by atoms with Crippen molar-refractivity contribution in [2.45, 2.75) is 13.8 Å². The molecule has 158 valence electrons. The maximum atomic E-state index is 6.46. The number of aromatic amines is 1. The zero-order chi connectivity index (χ0) is 20.3. The lowest BCUT2D eigenvalue weighted by atomic mass is 10.1. The van der Waals surface area contributed by atoms with E-state index in [-0.39, 0.29) is 12.4 Å². The second-order valence-electron chi connectivity index (χ2n) is 6.54. The van der Waals surface area contributed by atoms with Crippen molar-refractivity contribution in [3.63, 3.8) is 0 Å². The van der Waals surface area contributed by atoms with E-state index in [4.69, 9.17) is 42.6 Å². The number of fused-ring (bicyclic) bond motifs is 1. The number of ether oxygens (including phenoxy) is 2. The number of benzene rings is 1. The fourth-order valence-electron chi connectivity index (χ4n) is 3.23. The lowest BCUT2D eigenvalue weighted by Gasteiger charge is -2.26. The summed E-state index contributed by atoms with van der Waals surface area (Å²) in [5, 5.41) is 1.15.